The zero-order chi connectivity index (χ0) is 9.94. The molecule has 0 spiro atoms. The van der Waals surface area contributed by atoms with Crippen LogP contribution >= 0.6 is 7.92 Å². The standard InChI is InChI=1S/C12H27P.H3N/c1-4-7-10-13(11-8-5-2)12-9-6-3;/h4-12H2,1-3H3;1H3. The second kappa shape index (κ2) is 13.4. The van der Waals surface area contributed by atoms with E-state index in [1.165, 1.54) is 38.5 Å². The molecule has 0 atom stereocenters. The maximum Gasteiger partial charge on any atom is -0.0326 e. The third kappa shape index (κ3) is 10.5. The van der Waals surface area contributed by atoms with Crippen LogP contribution in [0.2, 0.25) is 0 Å². The Bertz CT molecular complexity index is 77.3. The molecule has 0 aliphatic rings. The van der Waals surface area contributed by atoms with Gasteiger partial charge >= 0.3 is 0 Å². The van der Waals surface area contributed by atoms with Crippen molar-refractivity contribution in [2.45, 2.75) is 59.3 Å². The summed E-state index contributed by atoms with van der Waals surface area (Å²) in [5, 5.41) is 0. The molecule has 0 saturated heterocycles. The van der Waals surface area contributed by atoms with E-state index in [0.717, 1.165) is 0 Å². The van der Waals surface area contributed by atoms with Crippen LogP contribution < -0.4 is 6.15 Å². The van der Waals surface area contributed by atoms with Crippen LogP contribution in [0.1, 0.15) is 59.3 Å². The van der Waals surface area contributed by atoms with Crippen molar-refractivity contribution >= 4 is 7.92 Å². The fraction of sp³-hybridized carbons (Fsp3) is 1.00. The first-order valence-corrected chi connectivity index (χ1v) is 7.97. The SMILES string of the molecule is CCCCP(CCCC)CCCC.N. The van der Waals surface area contributed by atoms with Gasteiger partial charge in [-0.05, 0) is 37.7 Å². The zero-order valence-electron chi connectivity index (χ0n) is 10.5. The first-order chi connectivity index (χ1) is 6.35. The molecule has 1 nitrogen and oxygen atoms in total. The molecule has 0 bridgehead atoms. The van der Waals surface area contributed by atoms with Gasteiger partial charge in [-0.2, -0.15) is 0 Å². The second-order valence-electron chi connectivity index (χ2n) is 3.90. The van der Waals surface area contributed by atoms with Crippen molar-refractivity contribution in [2.75, 3.05) is 18.5 Å². The Labute approximate surface area is 92.4 Å². The van der Waals surface area contributed by atoms with Gasteiger partial charge in [-0.15, -0.1) is 7.92 Å². The third-order valence-electron chi connectivity index (χ3n) is 2.48. The topological polar surface area (TPSA) is 35.0 Å². The summed E-state index contributed by atoms with van der Waals surface area (Å²) in [6, 6.07) is 0. The Morgan fingerprint density at radius 3 is 1.14 bits per heavy atom. The molecule has 0 radical (unpaired) electrons. The van der Waals surface area contributed by atoms with Crippen LogP contribution in [0.25, 0.3) is 0 Å². The largest absolute Gasteiger partial charge is 0.344 e. The van der Waals surface area contributed by atoms with Gasteiger partial charge in [0.25, 0.3) is 0 Å². The molecule has 0 aromatic heterocycles. The minimum atomic E-state index is 0. The predicted octanol–water partition coefficient (Wildman–Crippen LogP) is 5.03. The van der Waals surface area contributed by atoms with Gasteiger partial charge in [0.2, 0.25) is 0 Å². The van der Waals surface area contributed by atoms with E-state index in [9.17, 15) is 0 Å². The lowest BCUT2D eigenvalue weighted by Gasteiger charge is -2.16. The minimum absolute atomic E-state index is 0. The number of hydrogen-bond donors (Lipinski definition) is 1. The Balaban J connectivity index is 0. The summed E-state index contributed by atoms with van der Waals surface area (Å²) in [5.74, 6) is 0. The highest BCUT2D eigenvalue weighted by Gasteiger charge is 2.05. The van der Waals surface area contributed by atoms with E-state index in [2.05, 4.69) is 20.8 Å². The van der Waals surface area contributed by atoms with Gasteiger partial charge in [0.15, 0.2) is 0 Å². The Morgan fingerprint density at radius 1 is 0.643 bits per heavy atom. The second-order valence-corrected chi connectivity index (χ2v) is 6.59. The molecule has 14 heavy (non-hydrogen) atoms. The molecule has 88 valence electrons. The molecular formula is C12H30NP. The van der Waals surface area contributed by atoms with Crippen LogP contribution in [0, 0.1) is 0 Å². The Hall–Kier alpha value is 0.390. The third-order valence-corrected chi connectivity index (χ3v) is 5.33. The number of unbranched alkanes of at least 4 members (excludes halogenated alkanes) is 3. The van der Waals surface area contributed by atoms with Crippen molar-refractivity contribution in [3.8, 4) is 0 Å². The number of rotatable bonds is 9. The molecule has 0 aromatic carbocycles. The van der Waals surface area contributed by atoms with Crippen LogP contribution in [-0.2, 0) is 0 Å². The summed E-state index contributed by atoms with van der Waals surface area (Å²) in [6.45, 7) is 6.94. The molecule has 0 aliphatic carbocycles. The van der Waals surface area contributed by atoms with Crippen molar-refractivity contribution in [1.29, 1.82) is 0 Å². The highest BCUT2D eigenvalue weighted by Crippen LogP contribution is 2.38. The maximum absolute atomic E-state index is 2.31. The van der Waals surface area contributed by atoms with E-state index in [1.54, 1.807) is 18.5 Å². The van der Waals surface area contributed by atoms with Crippen molar-refractivity contribution in [2.24, 2.45) is 0 Å². The smallest absolute Gasteiger partial charge is 0.0326 e. The Morgan fingerprint density at radius 2 is 0.929 bits per heavy atom. The molecule has 0 aromatic rings. The van der Waals surface area contributed by atoms with E-state index in [0.29, 0.717) is 7.92 Å². The predicted molar refractivity (Wildman–Crippen MR) is 71.3 cm³/mol. The van der Waals surface area contributed by atoms with Crippen molar-refractivity contribution in [1.82, 2.24) is 6.15 Å². The summed E-state index contributed by atoms with van der Waals surface area (Å²) in [7, 11) is 0.422. The van der Waals surface area contributed by atoms with Crippen molar-refractivity contribution in [3.63, 3.8) is 0 Å². The summed E-state index contributed by atoms with van der Waals surface area (Å²) < 4.78 is 0. The first-order valence-electron chi connectivity index (χ1n) is 6.07. The monoisotopic (exact) mass is 219 g/mol. The maximum atomic E-state index is 2.31. The molecule has 0 saturated carbocycles. The first kappa shape index (κ1) is 16.8. The van der Waals surface area contributed by atoms with Crippen LogP contribution in [0.4, 0.5) is 0 Å². The van der Waals surface area contributed by atoms with E-state index in [4.69, 9.17) is 0 Å². The molecule has 0 unspecified atom stereocenters. The van der Waals surface area contributed by atoms with E-state index < -0.39 is 0 Å². The lowest BCUT2D eigenvalue weighted by molar-refractivity contribution is 0.847. The summed E-state index contributed by atoms with van der Waals surface area (Å²) in [5.41, 5.74) is 0. The van der Waals surface area contributed by atoms with Gasteiger partial charge < -0.3 is 6.15 Å². The van der Waals surface area contributed by atoms with E-state index in [1.807, 2.05) is 0 Å². The summed E-state index contributed by atoms with van der Waals surface area (Å²) >= 11 is 0. The van der Waals surface area contributed by atoms with Gasteiger partial charge in [0.05, 0.1) is 0 Å². The number of hydrogen-bond acceptors (Lipinski definition) is 1. The highest BCUT2D eigenvalue weighted by atomic mass is 31.1. The van der Waals surface area contributed by atoms with Crippen molar-refractivity contribution < 1.29 is 0 Å². The van der Waals surface area contributed by atoms with E-state index >= 15 is 0 Å². The van der Waals surface area contributed by atoms with E-state index in [-0.39, 0.29) is 6.15 Å². The molecule has 3 N–H and O–H groups in total. The van der Waals surface area contributed by atoms with Crippen LogP contribution in [-0.4, -0.2) is 18.5 Å². The fourth-order valence-electron chi connectivity index (χ4n) is 1.48. The normalized spacial score (nSPS) is 10.3. The molecule has 2 heteroatoms. The average Bonchev–Trinajstić information content (AvgIpc) is 2.17. The van der Waals surface area contributed by atoms with Gasteiger partial charge in [-0.3, -0.25) is 0 Å². The van der Waals surface area contributed by atoms with Crippen molar-refractivity contribution in [3.05, 3.63) is 0 Å². The van der Waals surface area contributed by atoms with Crippen LogP contribution in [0.5, 0.6) is 0 Å². The fourth-order valence-corrected chi connectivity index (χ4v) is 4.44. The molecule has 0 heterocycles. The zero-order valence-corrected chi connectivity index (χ0v) is 11.4. The van der Waals surface area contributed by atoms with Crippen LogP contribution in [0.3, 0.4) is 0 Å². The quantitative estimate of drug-likeness (QED) is 0.542. The Kier molecular flexibility index (Phi) is 16.1. The molecule has 0 rings (SSSR count). The van der Waals surface area contributed by atoms with Gasteiger partial charge in [0.1, 0.15) is 0 Å². The summed E-state index contributed by atoms with van der Waals surface area (Å²) in [6.07, 6.45) is 13.2. The average molecular weight is 219 g/mol. The highest BCUT2D eigenvalue weighted by molar-refractivity contribution is 7.57. The summed E-state index contributed by atoms with van der Waals surface area (Å²) in [4.78, 5) is 0. The lowest BCUT2D eigenvalue weighted by atomic mass is 10.4. The van der Waals surface area contributed by atoms with Gasteiger partial charge in [-0.1, -0.05) is 40.0 Å². The molecule has 0 fully saturated rings. The van der Waals surface area contributed by atoms with Crippen LogP contribution in [0.15, 0.2) is 0 Å². The van der Waals surface area contributed by atoms with Gasteiger partial charge in [-0.25, -0.2) is 0 Å². The lowest BCUT2D eigenvalue weighted by Crippen LogP contribution is -1.95. The van der Waals surface area contributed by atoms with Gasteiger partial charge in [0, 0.05) is 0 Å². The molecule has 0 amide bonds. The molecular weight excluding hydrogens is 189 g/mol. The minimum Gasteiger partial charge on any atom is -0.344 e. The molecule has 0 aliphatic heterocycles.